The van der Waals surface area contributed by atoms with Gasteiger partial charge in [0.1, 0.15) is 11.3 Å². The third-order valence-electron chi connectivity index (χ3n) is 5.78. The predicted molar refractivity (Wildman–Crippen MR) is 141 cm³/mol. The van der Waals surface area contributed by atoms with E-state index in [9.17, 15) is 21.6 Å². The first-order valence-corrected chi connectivity index (χ1v) is 13.6. The third-order valence-corrected chi connectivity index (χ3v) is 7.60. The van der Waals surface area contributed by atoms with E-state index in [1.807, 2.05) is 13.8 Å². The molecule has 13 heteroatoms. The van der Waals surface area contributed by atoms with E-state index in [-0.39, 0.29) is 16.8 Å². The summed E-state index contributed by atoms with van der Waals surface area (Å²) in [5.74, 6) is 0.402. The zero-order valence-corrected chi connectivity index (χ0v) is 22.9. The number of fused-ring (bicyclic) bond motifs is 1. The normalized spacial score (nSPS) is 11.6. The fourth-order valence-corrected chi connectivity index (χ4v) is 5.28. The van der Waals surface area contributed by atoms with E-state index < -0.39 is 27.5 Å². The molecule has 0 aliphatic rings. The number of aliphatic carboxylic acids is 1. The van der Waals surface area contributed by atoms with Gasteiger partial charge >= 0.3 is 6.18 Å². The number of unbranched alkanes of at least 4 members (excludes halogenated alkanes) is 2. The number of carbonyl (C=O) groups is 1. The van der Waals surface area contributed by atoms with Crippen LogP contribution in [0.5, 0.6) is 0 Å². The van der Waals surface area contributed by atoms with Crippen LogP contribution >= 0.6 is 0 Å². The highest BCUT2D eigenvalue weighted by molar-refractivity contribution is 7.91. The van der Waals surface area contributed by atoms with Crippen molar-refractivity contribution in [2.45, 2.75) is 77.4 Å². The summed E-state index contributed by atoms with van der Waals surface area (Å²) in [6.45, 7) is 7.74. The Labute approximate surface area is 220 Å². The number of nitrogens with zero attached hydrogens (tertiary/aromatic N) is 3. The Morgan fingerprint density at radius 2 is 1.66 bits per heavy atom. The maximum absolute atomic E-state index is 12.7. The molecule has 0 aliphatic heterocycles. The van der Waals surface area contributed by atoms with Gasteiger partial charge in [-0.05, 0) is 62.9 Å². The van der Waals surface area contributed by atoms with Gasteiger partial charge in [-0.2, -0.15) is 13.2 Å². The molecule has 3 rings (SSSR count). The Morgan fingerprint density at radius 3 is 2.18 bits per heavy atom. The van der Waals surface area contributed by atoms with Gasteiger partial charge in [0.2, 0.25) is 0 Å². The highest BCUT2D eigenvalue weighted by Crippen LogP contribution is 2.30. The number of aromatic nitrogens is 3. The van der Waals surface area contributed by atoms with Crippen molar-refractivity contribution in [3.63, 3.8) is 0 Å². The first kappa shape index (κ1) is 32.8. The van der Waals surface area contributed by atoms with Crippen LogP contribution in [-0.4, -0.2) is 39.8 Å². The minimum Gasteiger partial charge on any atom is -0.481 e. The Balaban J connectivity index is 0.00000135. The largest absolute Gasteiger partial charge is 0.481 e. The Morgan fingerprint density at radius 1 is 1.08 bits per heavy atom. The number of hydrogen-bond donors (Lipinski definition) is 3. The highest BCUT2D eigenvalue weighted by Gasteiger charge is 2.30. The maximum atomic E-state index is 12.7. The van der Waals surface area contributed by atoms with Crippen molar-refractivity contribution < 1.29 is 31.5 Å². The summed E-state index contributed by atoms with van der Waals surface area (Å²) in [4.78, 5) is 18.0. The minimum atomic E-state index is -4.49. The molecule has 0 spiro atoms. The number of imidazole rings is 1. The number of pyridine rings is 1. The lowest BCUT2D eigenvalue weighted by Gasteiger charge is -2.12. The van der Waals surface area contributed by atoms with Gasteiger partial charge in [0.15, 0.2) is 15.7 Å². The molecule has 0 fully saturated rings. The van der Waals surface area contributed by atoms with Gasteiger partial charge in [-0.25, -0.2) is 18.4 Å². The summed E-state index contributed by atoms with van der Waals surface area (Å²) >= 11 is 0. The highest BCUT2D eigenvalue weighted by atomic mass is 32.2. The van der Waals surface area contributed by atoms with Crippen molar-refractivity contribution >= 4 is 32.7 Å². The molecule has 3 aromatic rings. The molecule has 0 unspecified atom stereocenters. The van der Waals surface area contributed by atoms with Crippen LogP contribution in [0.15, 0.2) is 29.2 Å². The zero-order valence-electron chi connectivity index (χ0n) is 22.1. The molecule has 0 amide bonds. The van der Waals surface area contributed by atoms with Crippen molar-refractivity contribution in [3.05, 3.63) is 46.9 Å². The van der Waals surface area contributed by atoms with E-state index in [2.05, 4.69) is 16.5 Å². The molecule has 0 radical (unpaired) electrons. The maximum Gasteiger partial charge on any atom is 0.416 e. The van der Waals surface area contributed by atoms with Gasteiger partial charge in [0, 0.05) is 25.6 Å². The van der Waals surface area contributed by atoms with Crippen molar-refractivity contribution in [3.8, 4) is 0 Å². The number of anilines is 1. The number of aryl methyl sites for hydroxylation is 4. The molecule has 0 atom stereocenters. The van der Waals surface area contributed by atoms with Gasteiger partial charge in [-0.15, -0.1) is 0 Å². The van der Waals surface area contributed by atoms with E-state index in [4.69, 9.17) is 20.6 Å². The van der Waals surface area contributed by atoms with Crippen LogP contribution in [0, 0.1) is 13.8 Å². The molecule has 2 heterocycles. The number of alkyl halides is 3. The minimum absolute atomic E-state index is 0. The second kappa shape index (κ2) is 13.6. The molecule has 0 bridgehead atoms. The standard InChI is InChI=1S/C23H29F3N4O2S.C2H4O2.H3N/c1-4-8-19-29-20-21(15(2)16(3)28-22(20)27)30(19)13-6-5-7-14-33(31,32)18-11-9-17(10-12-18)23(24,25)26;1-2(3)4;/h9-12H,4-8,13-14H2,1-3H3,(H2,27,28);1H3,(H,3,4);1H3. The van der Waals surface area contributed by atoms with Crippen LogP contribution in [0.1, 0.15) is 62.2 Å². The molecule has 6 N–H and O–H groups in total. The average Bonchev–Trinajstić information content (AvgIpc) is 3.15. The topological polar surface area (TPSA) is 163 Å². The van der Waals surface area contributed by atoms with Crippen LogP contribution < -0.4 is 11.9 Å². The number of carboxylic acid groups (broad SMARTS) is 1. The average molecular weight is 560 g/mol. The fraction of sp³-hybridized carbons (Fsp3) is 0.480. The van der Waals surface area contributed by atoms with E-state index in [1.165, 1.54) is 0 Å². The number of nitrogens with two attached hydrogens (primary N) is 1. The molecular weight excluding hydrogens is 523 g/mol. The summed E-state index contributed by atoms with van der Waals surface area (Å²) in [6, 6.07) is 3.65. The molecular formula is C25H36F3N5O4S. The smallest absolute Gasteiger partial charge is 0.416 e. The monoisotopic (exact) mass is 559 g/mol. The fourth-order valence-electron chi connectivity index (χ4n) is 3.91. The van der Waals surface area contributed by atoms with Gasteiger partial charge in [0.25, 0.3) is 5.97 Å². The number of benzene rings is 1. The summed E-state index contributed by atoms with van der Waals surface area (Å²) in [6.07, 6.45) is -0.946. The number of carboxylic acids is 1. The van der Waals surface area contributed by atoms with Crippen LogP contribution in [0.4, 0.5) is 19.0 Å². The van der Waals surface area contributed by atoms with E-state index in [1.54, 1.807) is 0 Å². The van der Waals surface area contributed by atoms with Crippen molar-refractivity contribution in [2.75, 3.05) is 11.5 Å². The molecule has 212 valence electrons. The number of hydrogen-bond acceptors (Lipinski definition) is 7. The predicted octanol–water partition coefficient (Wildman–Crippen LogP) is 5.50. The number of sulfone groups is 1. The number of halogens is 3. The summed E-state index contributed by atoms with van der Waals surface area (Å²) in [5, 5.41) is 7.42. The molecule has 0 saturated heterocycles. The second-order valence-corrected chi connectivity index (χ2v) is 10.9. The SMILES string of the molecule is CC(=O)O.CCCc1nc2c(N)nc(C)c(C)c2n1CCCCCS(=O)(=O)c1ccc(C(F)(F)F)cc1.N. The molecule has 0 saturated carbocycles. The van der Waals surface area contributed by atoms with Gasteiger partial charge in [0.05, 0.1) is 21.7 Å². The van der Waals surface area contributed by atoms with Gasteiger partial charge in [-0.1, -0.05) is 13.3 Å². The Hall–Kier alpha value is -3.19. The lowest BCUT2D eigenvalue weighted by molar-refractivity contribution is -0.137. The summed E-state index contributed by atoms with van der Waals surface area (Å²) < 4.78 is 65.3. The number of nitrogen functional groups attached to an aromatic ring is 1. The zero-order chi connectivity index (χ0) is 28.0. The molecule has 2 aromatic heterocycles. The van der Waals surface area contributed by atoms with Gasteiger partial charge < -0.3 is 21.6 Å². The molecule has 0 aliphatic carbocycles. The van der Waals surface area contributed by atoms with Crippen LogP contribution in [0.3, 0.4) is 0 Å². The number of rotatable bonds is 9. The molecule has 9 nitrogen and oxygen atoms in total. The molecule has 38 heavy (non-hydrogen) atoms. The summed E-state index contributed by atoms with van der Waals surface area (Å²) in [5.41, 5.74) is 8.79. The third kappa shape index (κ3) is 8.42. The first-order chi connectivity index (χ1) is 17.2. The van der Waals surface area contributed by atoms with Crippen molar-refractivity contribution in [2.24, 2.45) is 0 Å². The molecule has 1 aromatic carbocycles. The van der Waals surface area contributed by atoms with Crippen molar-refractivity contribution in [1.82, 2.24) is 20.7 Å². The van der Waals surface area contributed by atoms with Crippen LogP contribution in [0.25, 0.3) is 11.0 Å². The first-order valence-electron chi connectivity index (χ1n) is 11.9. The quantitative estimate of drug-likeness (QED) is 0.289. The second-order valence-electron chi connectivity index (χ2n) is 8.76. The lowest BCUT2D eigenvalue weighted by atomic mass is 10.2. The summed E-state index contributed by atoms with van der Waals surface area (Å²) in [7, 11) is -3.64. The lowest BCUT2D eigenvalue weighted by Crippen LogP contribution is -2.10. The van der Waals surface area contributed by atoms with E-state index in [0.717, 1.165) is 73.1 Å². The van der Waals surface area contributed by atoms with E-state index in [0.29, 0.717) is 30.7 Å². The van der Waals surface area contributed by atoms with E-state index >= 15 is 0 Å². The van der Waals surface area contributed by atoms with Crippen molar-refractivity contribution in [1.29, 1.82) is 0 Å². The van der Waals surface area contributed by atoms with Gasteiger partial charge in [-0.3, -0.25) is 4.79 Å². The Bertz CT molecular complexity index is 1330. The van der Waals surface area contributed by atoms with Crippen LogP contribution in [0.2, 0.25) is 0 Å². The van der Waals surface area contributed by atoms with Crippen LogP contribution in [-0.2, 0) is 33.8 Å². The Kier molecular flexibility index (Phi) is 11.7.